The van der Waals surface area contributed by atoms with Crippen LogP contribution in [0.2, 0.25) is 0 Å². The summed E-state index contributed by atoms with van der Waals surface area (Å²) in [4.78, 5) is 22.9. The van der Waals surface area contributed by atoms with Crippen LogP contribution in [0.25, 0.3) is 0 Å². The van der Waals surface area contributed by atoms with Crippen LogP contribution >= 0.6 is 0 Å². The molecule has 2 amide bonds. The second-order valence-electron chi connectivity index (χ2n) is 4.95. The molecule has 5 heteroatoms. The van der Waals surface area contributed by atoms with Crippen LogP contribution in [0, 0.1) is 5.92 Å². The molecule has 0 unspecified atom stereocenters. The van der Waals surface area contributed by atoms with Crippen LogP contribution in [0.1, 0.15) is 31.1 Å². The highest BCUT2D eigenvalue weighted by atomic mass is 16.2. The van der Waals surface area contributed by atoms with E-state index in [2.05, 4.69) is 10.6 Å². The normalized spacial score (nSPS) is 12.0. The summed E-state index contributed by atoms with van der Waals surface area (Å²) in [5.41, 5.74) is 6.32. The first-order valence-corrected chi connectivity index (χ1v) is 6.34. The highest BCUT2D eigenvalue weighted by molar-refractivity contribution is 5.94. The fourth-order valence-electron chi connectivity index (χ4n) is 1.54. The molecule has 0 aliphatic rings. The van der Waals surface area contributed by atoms with E-state index >= 15 is 0 Å². The Bertz CT molecular complexity index is 458. The summed E-state index contributed by atoms with van der Waals surface area (Å²) >= 11 is 0. The number of hydrogen-bond acceptors (Lipinski definition) is 3. The van der Waals surface area contributed by atoms with E-state index in [0.717, 1.165) is 0 Å². The molecule has 0 fully saturated rings. The van der Waals surface area contributed by atoms with E-state index < -0.39 is 5.91 Å². The molecule has 1 atom stereocenters. The van der Waals surface area contributed by atoms with E-state index in [0.29, 0.717) is 23.7 Å². The van der Waals surface area contributed by atoms with Gasteiger partial charge in [-0.3, -0.25) is 9.59 Å². The summed E-state index contributed by atoms with van der Waals surface area (Å²) in [5.74, 6) is -0.145. The summed E-state index contributed by atoms with van der Waals surface area (Å²) in [5, 5.41) is 5.89. The Labute approximate surface area is 113 Å². The number of nitrogens with two attached hydrogens (primary N) is 1. The molecule has 5 nitrogen and oxygen atoms in total. The van der Waals surface area contributed by atoms with E-state index in [4.69, 9.17) is 5.73 Å². The Morgan fingerprint density at radius 3 is 2.53 bits per heavy atom. The van der Waals surface area contributed by atoms with Crippen molar-refractivity contribution in [3.8, 4) is 0 Å². The van der Waals surface area contributed by atoms with Crippen molar-refractivity contribution >= 4 is 17.5 Å². The second kappa shape index (κ2) is 6.78. The number of hydrogen-bond donors (Lipinski definition) is 3. The third kappa shape index (κ3) is 4.99. The molecule has 0 saturated heterocycles. The maximum atomic E-state index is 11.8. The van der Waals surface area contributed by atoms with Crippen molar-refractivity contribution in [3.63, 3.8) is 0 Å². The second-order valence-corrected chi connectivity index (χ2v) is 4.95. The number of anilines is 1. The summed E-state index contributed by atoms with van der Waals surface area (Å²) in [6.07, 6.45) is 0. The molecule has 0 spiro atoms. The predicted octanol–water partition coefficient (Wildman–Crippen LogP) is 1.36. The molecule has 0 saturated carbocycles. The van der Waals surface area contributed by atoms with Crippen molar-refractivity contribution in [2.75, 3.05) is 11.9 Å². The van der Waals surface area contributed by atoms with Crippen LogP contribution in [0.4, 0.5) is 5.69 Å². The van der Waals surface area contributed by atoms with Gasteiger partial charge in [-0.2, -0.15) is 0 Å². The van der Waals surface area contributed by atoms with Crippen LogP contribution in [0.15, 0.2) is 24.3 Å². The quantitative estimate of drug-likeness (QED) is 0.724. The number of rotatable bonds is 6. The van der Waals surface area contributed by atoms with Gasteiger partial charge in [0.1, 0.15) is 6.04 Å². The summed E-state index contributed by atoms with van der Waals surface area (Å²) < 4.78 is 0. The third-order valence-corrected chi connectivity index (χ3v) is 2.61. The first kappa shape index (κ1) is 15.0. The van der Waals surface area contributed by atoms with Crippen molar-refractivity contribution in [1.82, 2.24) is 5.32 Å². The van der Waals surface area contributed by atoms with Crippen molar-refractivity contribution in [1.29, 1.82) is 0 Å². The molecular formula is C14H21N3O2. The molecule has 0 bridgehead atoms. The average molecular weight is 263 g/mol. The van der Waals surface area contributed by atoms with Crippen LogP contribution in [0.3, 0.4) is 0 Å². The number of benzene rings is 1. The molecule has 104 valence electrons. The van der Waals surface area contributed by atoms with Gasteiger partial charge < -0.3 is 16.4 Å². The number of carbonyl (C=O) groups excluding carboxylic acids is 2. The predicted molar refractivity (Wildman–Crippen MR) is 75.9 cm³/mol. The maximum absolute atomic E-state index is 11.8. The van der Waals surface area contributed by atoms with Gasteiger partial charge in [0.15, 0.2) is 0 Å². The van der Waals surface area contributed by atoms with E-state index in [-0.39, 0.29) is 11.9 Å². The summed E-state index contributed by atoms with van der Waals surface area (Å²) in [6.45, 7) is 6.49. The van der Waals surface area contributed by atoms with Crippen LogP contribution in [0.5, 0.6) is 0 Å². The summed E-state index contributed by atoms with van der Waals surface area (Å²) in [6, 6.07) is 6.41. The molecule has 0 radical (unpaired) electrons. The largest absolute Gasteiger partial charge is 0.374 e. The highest BCUT2D eigenvalue weighted by Crippen LogP contribution is 2.11. The van der Waals surface area contributed by atoms with E-state index in [9.17, 15) is 9.59 Å². The Kier molecular flexibility index (Phi) is 5.36. The van der Waals surface area contributed by atoms with Crippen LogP contribution < -0.4 is 16.4 Å². The molecular weight excluding hydrogens is 242 g/mol. The lowest BCUT2D eigenvalue weighted by molar-refractivity contribution is -0.121. The van der Waals surface area contributed by atoms with Gasteiger partial charge in [0.25, 0.3) is 0 Å². The van der Waals surface area contributed by atoms with Crippen molar-refractivity contribution in [2.45, 2.75) is 26.8 Å². The Morgan fingerprint density at radius 2 is 1.95 bits per heavy atom. The third-order valence-electron chi connectivity index (χ3n) is 2.61. The standard InChI is InChI=1S/C14H21N3O2/c1-9(2)8-16-14(19)10(3)17-12-6-4-5-11(7-12)13(15)18/h4-7,9-10,17H,8H2,1-3H3,(H2,15,18)(H,16,19)/t10-/m0/s1. The minimum absolute atomic E-state index is 0.0711. The molecule has 0 aliphatic carbocycles. The van der Waals surface area contributed by atoms with Crippen LogP contribution in [-0.4, -0.2) is 24.4 Å². The number of nitrogens with one attached hydrogen (secondary N) is 2. The Hall–Kier alpha value is -2.04. The average Bonchev–Trinajstić information content (AvgIpc) is 2.36. The molecule has 0 aliphatic heterocycles. The van der Waals surface area contributed by atoms with Crippen molar-refractivity contribution < 1.29 is 9.59 Å². The van der Waals surface area contributed by atoms with Gasteiger partial charge >= 0.3 is 0 Å². The minimum Gasteiger partial charge on any atom is -0.374 e. The topological polar surface area (TPSA) is 84.2 Å². The molecule has 1 aromatic carbocycles. The molecule has 0 heterocycles. The lowest BCUT2D eigenvalue weighted by Crippen LogP contribution is -2.39. The fraction of sp³-hybridized carbons (Fsp3) is 0.429. The smallest absolute Gasteiger partial charge is 0.248 e. The molecule has 1 aromatic rings. The molecule has 4 N–H and O–H groups in total. The number of amides is 2. The zero-order valence-corrected chi connectivity index (χ0v) is 11.6. The maximum Gasteiger partial charge on any atom is 0.248 e. The van der Waals surface area contributed by atoms with Gasteiger partial charge in [0.2, 0.25) is 11.8 Å². The zero-order chi connectivity index (χ0) is 14.4. The Balaban J connectivity index is 2.61. The van der Waals surface area contributed by atoms with Crippen molar-refractivity contribution in [2.24, 2.45) is 11.7 Å². The zero-order valence-electron chi connectivity index (χ0n) is 11.6. The van der Waals surface area contributed by atoms with Gasteiger partial charge in [-0.25, -0.2) is 0 Å². The number of carbonyl (C=O) groups is 2. The SMILES string of the molecule is CC(C)CNC(=O)[C@H](C)Nc1cccc(C(N)=O)c1. The van der Waals surface area contributed by atoms with Crippen LogP contribution in [-0.2, 0) is 4.79 Å². The van der Waals surface area contributed by atoms with E-state index in [1.54, 1.807) is 31.2 Å². The van der Waals surface area contributed by atoms with Gasteiger partial charge in [0.05, 0.1) is 0 Å². The van der Waals surface area contributed by atoms with E-state index in [1.807, 2.05) is 13.8 Å². The number of primary amides is 1. The van der Waals surface area contributed by atoms with E-state index in [1.165, 1.54) is 0 Å². The van der Waals surface area contributed by atoms with Crippen molar-refractivity contribution in [3.05, 3.63) is 29.8 Å². The molecule has 0 aromatic heterocycles. The Morgan fingerprint density at radius 1 is 1.26 bits per heavy atom. The van der Waals surface area contributed by atoms with Gasteiger partial charge in [-0.1, -0.05) is 19.9 Å². The first-order chi connectivity index (χ1) is 8.90. The lowest BCUT2D eigenvalue weighted by Gasteiger charge is -2.16. The monoisotopic (exact) mass is 263 g/mol. The summed E-state index contributed by atoms with van der Waals surface area (Å²) in [7, 11) is 0. The lowest BCUT2D eigenvalue weighted by atomic mass is 10.1. The van der Waals surface area contributed by atoms with Gasteiger partial charge in [0, 0.05) is 17.8 Å². The van der Waals surface area contributed by atoms with Gasteiger partial charge in [-0.15, -0.1) is 0 Å². The molecule has 19 heavy (non-hydrogen) atoms. The first-order valence-electron chi connectivity index (χ1n) is 6.34. The fourth-order valence-corrected chi connectivity index (χ4v) is 1.54. The molecule has 1 rings (SSSR count). The van der Waals surface area contributed by atoms with Gasteiger partial charge in [-0.05, 0) is 31.0 Å². The highest BCUT2D eigenvalue weighted by Gasteiger charge is 2.13. The minimum atomic E-state index is -0.486.